The van der Waals surface area contributed by atoms with Gasteiger partial charge >= 0.3 is 12.1 Å². The highest BCUT2D eigenvalue weighted by molar-refractivity contribution is 7.97. The van der Waals surface area contributed by atoms with Crippen molar-refractivity contribution in [2.45, 2.75) is 37.2 Å². The molecule has 0 heterocycles. The number of phenolic OH excluding ortho intramolecular Hbond substituents is 1. The van der Waals surface area contributed by atoms with E-state index in [0.717, 1.165) is 11.9 Å². The molecule has 0 bridgehead atoms. The molecule has 0 fully saturated rings. The molecule has 198 valence electrons. The Morgan fingerprint density at radius 3 is 2.35 bits per heavy atom. The maximum atomic E-state index is 13.1. The third kappa shape index (κ3) is 9.42. The van der Waals surface area contributed by atoms with E-state index in [2.05, 4.69) is 10.0 Å². The number of hydrogen-bond acceptors (Lipinski definition) is 11. The van der Waals surface area contributed by atoms with Gasteiger partial charge in [0, 0.05) is 6.07 Å². The predicted octanol–water partition coefficient (Wildman–Crippen LogP) is 2.33. The van der Waals surface area contributed by atoms with E-state index in [1.807, 2.05) is 0 Å². The quantitative estimate of drug-likeness (QED) is 0.102. The number of phenols is 1. The second-order valence-electron chi connectivity index (χ2n) is 8.08. The van der Waals surface area contributed by atoms with Crippen LogP contribution in [0, 0.1) is 16.0 Å². The van der Waals surface area contributed by atoms with Crippen LogP contribution < -0.4 is 15.8 Å². The van der Waals surface area contributed by atoms with Crippen LogP contribution in [-0.2, 0) is 23.9 Å². The summed E-state index contributed by atoms with van der Waals surface area (Å²) in [6.07, 6.45) is -1.79. The van der Waals surface area contributed by atoms with Gasteiger partial charge in [0.25, 0.3) is 5.69 Å². The first-order chi connectivity index (χ1) is 17.5. The lowest BCUT2D eigenvalue weighted by Crippen LogP contribution is -2.47. The third-order valence-electron chi connectivity index (χ3n) is 4.56. The molecule has 2 aromatic carbocycles. The van der Waals surface area contributed by atoms with Gasteiger partial charge in [0.1, 0.15) is 16.7 Å². The third-order valence-corrected chi connectivity index (χ3v) is 5.53. The summed E-state index contributed by atoms with van der Waals surface area (Å²) < 4.78 is 12.2. The summed E-state index contributed by atoms with van der Waals surface area (Å²) in [5.41, 5.74) is 5.18. The highest BCUT2D eigenvalue weighted by Gasteiger charge is 2.31. The summed E-state index contributed by atoms with van der Waals surface area (Å²) in [4.78, 5) is 60.2. The minimum Gasteiger partial charge on any atom is -0.508 e. The van der Waals surface area contributed by atoms with Crippen molar-refractivity contribution in [3.05, 3.63) is 64.2 Å². The number of rotatable bonds is 12. The number of amides is 2. The Balaban J connectivity index is 2.24. The van der Waals surface area contributed by atoms with Crippen LogP contribution in [0.2, 0.25) is 0 Å². The molecule has 2 aromatic rings. The van der Waals surface area contributed by atoms with Crippen LogP contribution in [0.1, 0.15) is 31.9 Å². The Morgan fingerprint density at radius 2 is 1.76 bits per heavy atom. The molecule has 2 amide bonds. The standard InChI is InChI=1S/C23H26N4O9S/c1-13(2)12-35-23(32)36-22(31)20(14-7-9-15(28)10-8-14)25-21(30)16(11-19(24)29)26-37-18-6-4-3-5-17(18)27(33)34/h3-10,13,16,20,26,28H,11-12H2,1-2H3,(H2,24,29)(H,25,30). The maximum absolute atomic E-state index is 13.1. The highest BCUT2D eigenvalue weighted by atomic mass is 32.2. The normalized spacial score (nSPS) is 12.3. The number of hydrogen-bond donors (Lipinski definition) is 4. The van der Waals surface area contributed by atoms with Gasteiger partial charge in [0.2, 0.25) is 11.8 Å². The van der Waals surface area contributed by atoms with Crippen LogP contribution in [0.5, 0.6) is 5.75 Å². The van der Waals surface area contributed by atoms with E-state index in [9.17, 15) is 34.4 Å². The van der Waals surface area contributed by atoms with Crippen molar-refractivity contribution in [1.29, 1.82) is 0 Å². The lowest BCUT2D eigenvalue weighted by Gasteiger charge is -2.22. The van der Waals surface area contributed by atoms with Crippen LogP contribution in [0.25, 0.3) is 0 Å². The number of nitrogens with zero attached hydrogens (tertiary/aromatic N) is 1. The van der Waals surface area contributed by atoms with Crippen molar-refractivity contribution in [1.82, 2.24) is 10.0 Å². The van der Waals surface area contributed by atoms with Crippen LogP contribution in [0.4, 0.5) is 10.5 Å². The monoisotopic (exact) mass is 534 g/mol. The summed E-state index contributed by atoms with van der Waals surface area (Å²) in [7, 11) is 0. The summed E-state index contributed by atoms with van der Waals surface area (Å²) >= 11 is 0.723. The molecule has 13 nitrogen and oxygen atoms in total. The number of nitro benzene ring substituents is 1. The fourth-order valence-corrected chi connectivity index (χ4v) is 3.66. The number of ether oxygens (including phenoxy) is 2. The topological polar surface area (TPSA) is 200 Å². The largest absolute Gasteiger partial charge is 0.516 e. The molecule has 0 radical (unpaired) electrons. The van der Waals surface area contributed by atoms with E-state index in [4.69, 9.17) is 15.2 Å². The number of aromatic hydroxyl groups is 1. The zero-order valence-electron chi connectivity index (χ0n) is 19.9. The Bertz CT molecular complexity index is 1140. The Kier molecular flexibility index (Phi) is 10.8. The van der Waals surface area contributed by atoms with Crippen molar-refractivity contribution in [3.63, 3.8) is 0 Å². The lowest BCUT2D eigenvalue weighted by atomic mass is 10.1. The minimum atomic E-state index is -1.53. The zero-order valence-corrected chi connectivity index (χ0v) is 20.7. The minimum absolute atomic E-state index is 0.00417. The van der Waals surface area contributed by atoms with E-state index < -0.39 is 47.4 Å². The number of nitrogens with two attached hydrogens (primary N) is 1. The molecule has 0 aliphatic heterocycles. The van der Waals surface area contributed by atoms with Gasteiger partial charge in [-0.3, -0.25) is 19.7 Å². The summed E-state index contributed by atoms with van der Waals surface area (Å²) in [6, 6.07) is 8.00. The number of esters is 1. The van der Waals surface area contributed by atoms with Gasteiger partial charge in [-0.25, -0.2) is 14.3 Å². The summed E-state index contributed by atoms with van der Waals surface area (Å²) in [5, 5.41) is 23.2. The Labute approximate surface area is 216 Å². The maximum Gasteiger partial charge on any atom is 0.516 e. The van der Waals surface area contributed by atoms with Gasteiger partial charge in [-0.05, 0) is 41.6 Å². The van der Waals surface area contributed by atoms with Crippen LogP contribution >= 0.6 is 11.9 Å². The van der Waals surface area contributed by atoms with Gasteiger partial charge in [-0.2, -0.15) is 0 Å². The molecule has 37 heavy (non-hydrogen) atoms. The number of primary amides is 1. The fraction of sp³-hybridized carbons (Fsp3) is 0.304. The first kappa shape index (κ1) is 29.1. The van der Waals surface area contributed by atoms with Crippen LogP contribution in [-0.4, -0.2) is 46.6 Å². The van der Waals surface area contributed by atoms with E-state index >= 15 is 0 Å². The SMILES string of the molecule is CC(C)COC(=O)OC(=O)C(NC(=O)C(CC(N)=O)NSc1ccccc1[N+](=O)[O-])c1ccc(O)cc1. The number of nitro groups is 1. The van der Waals surface area contributed by atoms with E-state index in [0.29, 0.717) is 0 Å². The predicted molar refractivity (Wildman–Crippen MR) is 131 cm³/mol. The first-order valence-corrected chi connectivity index (χ1v) is 11.7. The number of nitrogens with one attached hydrogen (secondary N) is 2. The van der Waals surface area contributed by atoms with Gasteiger partial charge < -0.3 is 25.6 Å². The molecule has 0 aliphatic carbocycles. The van der Waals surface area contributed by atoms with Crippen LogP contribution in [0.3, 0.4) is 0 Å². The number of carbonyl (C=O) groups excluding carboxylic acids is 4. The Hall–Kier alpha value is -4.17. The van der Waals surface area contributed by atoms with E-state index in [1.165, 1.54) is 42.5 Å². The Morgan fingerprint density at radius 1 is 1.11 bits per heavy atom. The lowest BCUT2D eigenvalue weighted by molar-refractivity contribution is -0.387. The molecule has 0 aliphatic rings. The summed E-state index contributed by atoms with van der Waals surface area (Å²) in [6.45, 7) is 3.56. The fourth-order valence-electron chi connectivity index (χ4n) is 2.81. The molecular formula is C23H26N4O9S. The van der Waals surface area contributed by atoms with Crippen molar-refractivity contribution in [2.75, 3.05) is 6.61 Å². The van der Waals surface area contributed by atoms with Crippen molar-refractivity contribution in [3.8, 4) is 5.75 Å². The van der Waals surface area contributed by atoms with E-state index in [1.54, 1.807) is 19.9 Å². The average molecular weight is 535 g/mol. The molecule has 2 rings (SSSR count). The number of carbonyl (C=O) groups is 4. The second kappa shape index (κ2) is 13.8. The van der Waals surface area contributed by atoms with Crippen molar-refractivity contribution < 1.29 is 38.7 Å². The average Bonchev–Trinajstić information content (AvgIpc) is 2.84. The molecule has 0 saturated carbocycles. The molecule has 5 N–H and O–H groups in total. The zero-order chi connectivity index (χ0) is 27.5. The number of para-hydroxylation sites is 1. The molecule has 0 aromatic heterocycles. The number of benzene rings is 2. The molecule has 0 saturated heterocycles. The van der Waals surface area contributed by atoms with Gasteiger partial charge in [-0.15, -0.1) is 0 Å². The van der Waals surface area contributed by atoms with Crippen molar-refractivity contribution >= 4 is 41.6 Å². The second-order valence-corrected chi connectivity index (χ2v) is 8.96. The summed E-state index contributed by atoms with van der Waals surface area (Å²) in [5.74, 6) is -3.08. The van der Waals surface area contributed by atoms with Crippen molar-refractivity contribution in [2.24, 2.45) is 11.7 Å². The molecule has 2 unspecified atom stereocenters. The van der Waals surface area contributed by atoms with Gasteiger partial charge in [0.05, 0.1) is 18.0 Å². The first-order valence-electron chi connectivity index (χ1n) is 10.9. The van der Waals surface area contributed by atoms with Gasteiger partial charge in [0.15, 0.2) is 6.04 Å². The highest BCUT2D eigenvalue weighted by Crippen LogP contribution is 2.27. The van der Waals surface area contributed by atoms with Crippen LogP contribution in [0.15, 0.2) is 53.4 Å². The molecule has 14 heteroatoms. The molecule has 0 spiro atoms. The van der Waals surface area contributed by atoms with E-state index in [-0.39, 0.29) is 34.4 Å². The molecule has 2 atom stereocenters. The smallest absolute Gasteiger partial charge is 0.508 e. The molecular weight excluding hydrogens is 508 g/mol. The van der Waals surface area contributed by atoms with Gasteiger partial charge in [-0.1, -0.05) is 38.1 Å².